The Morgan fingerprint density at radius 2 is 2.22 bits per heavy atom. The second-order valence-electron chi connectivity index (χ2n) is 5.62. The molecule has 1 aromatic heterocycles. The van der Waals surface area contributed by atoms with Crippen LogP contribution in [0.5, 0.6) is 5.88 Å². The van der Waals surface area contributed by atoms with Gasteiger partial charge in [0.1, 0.15) is 0 Å². The van der Waals surface area contributed by atoms with Gasteiger partial charge >= 0.3 is 5.97 Å². The Balaban J connectivity index is 1.94. The summed E-state index contributed by atoms with van der Waals surface area (Å²) in [5.41, 5.74) is 1.03. The highest BCUT2D eigenvalue weighted by Crippen LogP contribution is 2.24. The molecule has 7 nitrogen and oxygen atoms in total. The van der Waals surface area contributed by atoms with Crippen molar-refractivity contribution in [2.75, 3.05) is 34.4 Å². The van der Waals surface area contributed by atoms with Gasteiger partial charge < -0.3 is 19.7 Å². The molecule has 0 aliphatic carbocycles. The monoisotopic (exact) mass is 320 g/mol. The summed E-state index contributed by atoms with van der Waals surface area (Å²) in [7, 11) is 4.76. The first-order chi connectivity index (χ1) is 11.1. The third-order valence-electron chi connectivity index (χ3n) is 4.08. The number of likely N-dealkylation sites (tertiary alicyclic amines) is 1. The maximum Gasteiger partial charge on any atom is 0.310 e. The summed E-state index contributed by atoms with van der Waals surface area (Å²) in [4.78, 5) is 22.4. The van der Waals surface area contributed by atoms with Crippen molar-refractivity contribution in [1.29, 1.82) is 0 Å². The Hall–Kier alpha value is -2.31. The highest BCUT2D eigenvalue weighted by atomic mass is 16.5. The molecule has 0 spiro atoms. The maximum absolute atomic E-state index is 11.8. The molecule has 0 radical (unpaired) electrons. The minimum Gasteiger partial charge on any atom is -0.481 e. The first-order valence-electron chi connectivity index (χ1n) is 7.61. The number of ether oxygens (including phenoxy) is 2. The van der Waals surface area contributed by atoms with Crippen molar-refractivity contribution in [3.63, 3.8) is 0 Å². The molecular weight excluding hydrogens is 296 g/mol. The van der Waals surface area contributed by atoms with Crippen molar-refractivity contribution in [3.8, 4) is 5.88 Å². The van der Waals surface area contributed by atoms with Crippen molar-refractivity contribution < 1.29 is 14.3 Å². The summed E-state index contributed by atoms with van der Waals surface area (Å²) in [5, 5.41) is 3.31. The summed E-state index contributed by atoms with van der Waals surface area (Å²) in [5.74, 6) is 1.34. The van der Waals surface area contributed by atoms with Crippen LogP contribution in [0.25, 0.3) is 0 Å². The Labute approximate surface area is 136 Å². The van der Waals surface area contributed by atoms with Gasteiger partial charge in [-0.2, -0.15) is 0 Å². The number of methoxy groups -OCH3 is 2. The standard InChI is InChI=1S/C16H24N4O3/c1-11-9-20(10-13(11)15(21)23-4)16(17-2)19-8-12-5-6-14(22-3)18-7-12/h5-7,11,13H,8-10H2,1-4H3,(H,17,19). The predicted molar refractivity (Wildman–Crippen MR) is 87.2 cm³/mol. The fraction of sp³-hybridized carbons (Fsp3) is 0.562. The molecule has 2 rings (SSSR count). The van der Waals surface area contributed by atoms with E-state index in [1.54, 1.807) is 20.4 Å². The first kappa shape index (κ1) is 17.1. The van der Waals surface area contributed by atoms with Gasteiger partial charge in [0.2, 0.25) is 5.88 Å². The molecule has 1 N–H and O–H groups in total. The molecule has 2 heterocycles. The van der Waals surface area contributed by atoms with Crippen LogP contribution in [0.15, 0.2) is 23.3 Å². The number of pyridine rings is 1. The molecule has 1 aromatic rings. The fourth-order valence-corrected chi connectivity index (χ4v) is 2.75. The van der Waals surface area contributed by atoms with Crippen LogP contribution in [-0.4, -0.2) is 56.2 Å². The molecule has 1 fully saturated rings. The number of nitrogens with one attached hydrogen (secondary N) is 1. The van der Waals surface area contributed by atoms with E-state index in [1.807, 2.05) is 12.1 Å². The van der Waals surface area contributed by atoms with Crippen LogP contribution in [0.4, 0.5) is 0 Å². The highest BCUT2D eigenvalue weighted by molar-refractivity contribution is 5.82. The maximum atomic E-state index is 11.8. The Bertz CT molecular complexity index is 559. The highest BCUT2D eigenvalue weighted by Gasteiger charge is 2.36. The quantitative estimate of drug-likeness (QED) is 0.505. The second kappa shape index (κ2) is 7.80. The van der Waals surface area contributed by atoms with Crippen LogP contribution in [0.2, 0.25) is 0 Å². The number of aromatic nitrogens is 1. The molecule has 0 bridgehead atoms. The average molecular weight is 320 g/mol. The topological polar surface area (TPSA) is 76.1 Å². The van der Waals surface area contributed by atoms with E-state index in [9.17, 15) is 4.79 Å². The van der Waals surface area contributed by atoms with E-state index in [2.05, 4.69) is 27.1 Å². The van der Waals surface area contributed by atoms with Crippen LogP contribution < -0.4 is 10.1 Å². The zero-order valence-corrected chi connectivity index (χ0v) is 14.1. The molecule has 0 amide bonds. The smallest absolute Gasteiger partial charge is 0.310 e. The second-order valence-corrected chi connectivity index (χ2v) is 5.62. The van der Waals surface area contributed by atoms with Gasteiger partial charge in [0.05, 0.1) is 20.1 Å². The van der Waals surface area contributed by atoms with Crippen LogP contribution >= 0.6 is 0 Å². The summed E-state index contributed by atoms with van der Waals surface area (Å²) >= 11 is 0. The molecule has 23 heavy (non-hydrogen) atoms. The van der Waals surface area contributed by atoms with Crippen LogP contribution in [0, 0.1) is 11.8 Å². The lowest BCUT2D eigenvalue weighted by Gasteiger charge is -2.21. The number of esters is 1. The summed E-state index contributed by atoms with van der Waals surface area (Å²) in [6.07, 6.45) is 1.77. The van der Waals surface area contributed by atoms with E-state index in [4.69, 9.17) is 9.47 Å². The van der Waals surface area contributed by atoms with Gasteiger partial charge in [0.25, 0.3) is 0 Å². The number of hydrogen-bond acceptors (Lipinski definition) is 5. The molecule has 2 unspecified atom stereocenters. The Morgan fingerprint density at radius 1 is 1.43 bits per heavy atom. The van der Waals surface area contributed by atoms with Crippen molar-refractivity contribution in [2.24, 2.45) is 16.8 Å². The van der Waals surface area contributed by atoms with Gasteiger partial charge in [0.15, 0.2) is 5.96 Å². The number of carbonyl (C=O) groups is 1. The average Bonchev–Trinajstić information content (AvgIpc) is 2.97. The van der Waals surface area contributed by atoms with Crippen molar-refractivity contribution in [1.82, 2.24) is 15.2 Å². The van der Waals surface area contributed by atoms with Gasteiger partial charge in [0, 0.05) is 38.9 Å². The molecule has 7 heteroatoms. The number of guanidine groups is 1. The molecular formula is C16H24N4O3. The zero-order valence-electron chi connectivity index (χ0n) is 14.1. The lowest BCUT2D eigenvalue weighted by molar-refractivity contribution is -0.145. The van der Waals surface area contributed by atoms with E-state index < -0.39 is 0 Å². The van der Waals surface area contributed by atoms with E-state index in [0.29, 0.717) is 19.0 Å². The minimum atomic E-state index is -0.158. The minimum absolute atomic E-state index is 0.110. The molecule has 0 aromatic carbocycles. The SMILES string of the molecule is CN=C(NCc1ccc(OC)nc1)N1CC(C)C(C(=O)OC)C1. The van der Waals surface area contributed by atoms with Crippen molar-refractivity contribution >= 4 is 11.9 Å². The number of rotatable bonds is 4. The van der Waals surface area contributed by atoms with Crippen molar-refractivity contribution in [2.45, 2.75) is 13.5 Å². The Morgan fingerprint density at radius 3 is 2.78 bits per heavy atom. The molecule has 0 saturated carbocycles. The van der Waals surface area contributed by atoms with E-state index in [1.165, 1.54) is 7.11 Å². The summed E-state index contributed by atoms with van der Waals surface area (Å²) < 4.78 is 9.92. The van der Waals surface area contributed by atoms with Gasteiger partial charge in [-0.1, -0.05) is 13.0 Å². The van der Waals surface area contributed by atoms with Gasteiger partial charge in [-0.15, -0.1) is 0 Å². The molecule has 1 aliphatic heterocycles. The van der Waals surface area contributed by atoms with Crippen LogP contribution in [0.3, 0.4) is 0 Å². The summed E-state index contributed by atoms with van der Waals surface area (Å²) in [6, 6.07) is 3.78. The van der Waals surface area contributed by atoms with Gasteiger partial charge in [-0.05, 0) is 11.5 Å². The van der Waals surface area contributed by atoms with Crippen LogP contribution in [-0.2, 0) is 16.1 Å². The number of hydrogen-bond donors (Lipinski definition) is 1. The Kier molecular flexibility index (Phi) is 5.78. The lowest BCUT2D eigenvalue weighted by Crippen LogP contribution is -2.40. The lowest BCUT2D eigenvalue weighted by atomic mass is 9.99. The van der Waals surface area contributed by atoms with E-state index in [0.717, 1.165) is 18.1 Å². The predicted octanol–water partition coefficient (Wildman–Crippen LogP) is 0.906. The van der Waals surface area contributed by atoms with Gasteiger partial charge in [-0.25, -0.2) is 4.98 Å². The van der Waals surface area contributed by atoms with Crippen molar-refractivity contribution in [3.05, 3.63) is 23.9 Å². The summed E-state index contributed by atoms with van der Waals surface area (Å²) in [6.45, 7) is 4.06. The molecule has 126 valence electrons. The molecule has 1 saturated heterocycles. The third kappa shape index (κ3) is 4.12. The fourth-order valence-electron chi connectivity index (χ4n) is 2.75. The van der Waals surface area contributed by atoms with E-state index >= 15 is 0 Å². The molecule has 1 aliphatic rings. The largest absolute Gasteiger partial charge is 0.481 e. The zero-order chi connectivity index (χ0) is 16.8. The normalized spacial score (nSPS) is 21.2. The number of nitrogens with zero attached hydrogens (tertiary/aromatic N) is 3. The molecule has 2 atom stereocenters. The number of carbonyl (C=O) groups excluding carboxylic acids is 1. The first-order valence-corrected chi connectivity index (χ1v) is 7.61. The number of aliphatic imine (C=N–C) groups is 1. The third-order valence-corrected chi connectivity index (χ3v) is 4.08. The van der Waals surface area contributed by atoms with E-state index in [-0.39, 0.29) is 17.8 Å². The van der Waals surface area contributed by atoms with Gasteiger partial charge in [-0.3, -0.25) is 9.79 Å². The van der Waals surface area contributed by atoms with Crippen LogP contribution in [0.1, 0.15) is 12.5 Å².